The molecule has 0 bridgehead atoms. The van der Waals surface area contributed by atoms with E-state index in [9.17, 15) is 9.59 Å². The lowest BCUT2D eigenvalue weighted by atomic mass is 9.95. The smallest absolute Gasteiger partial charge is 0.270 e. The number of carbonyl (C=O) groups is 2. The molecular weight excluding hydrogens is 290 g/mol. The van der Waals surface area contributed by atoms with Gasteiger partial charge >= 0.3 is 0 Å². The van der Waals surface area contributed by atoms with E-state index in [0.29, 0.717) is 18.8 Å². The topological polar surface area (TPSA) is 65.2 Å². The Morgan fingerprint density at radius 1 is 1.22 bits per heavy atom. The van der Waals surface area contributed by atoms with Crippen molar-refractivity contribution in [2.45, 2.75) is 32.7 Å². The molecule has 5 nitrogen and oxygen atoms in total. The average molecular weight is 313 g/mol. The number of H-pyrrole nitrogens is 1. The standard InChI is InChI=1S/C18H23N3O2/c1-12(2)19-17(22)13-7-9-21(10-8-13)18(23)16-11-14-5-3-4-6-15(14)20-16/h3-6,11-13,20H,7-10H2,1-2H3,(H,19,22). The number of piperidine rings is 1. The maximum absolute atomic E-state index is 12.6. The lowest BCUT2D eigenvalue weighted by molar-refractivity contribution is -0.126. The number of para-hydroxylation sites is 1. The quantitative estimate of drug-likeness (QED) is 0.914. The molecule has 0 radical (unpaired) electrons. The van der Waals surface area contributed by atoms with Gasteiger partial charge in [0.05, 0.1) is 0 Å². The first kappa shape index (κ1) is 15.6. The number of amides is 2. The van der Waals surface area contributed by atoms with Gasteiger partial charge in [-0.15, -0.1) is 0 Å². The number of aromatic nitrogens is 1. The molecule has 5 heteroatoms. The Balaban J connectivity index is 1.63. The highest BCUT2D eigenvalue weighted by Gasteiger charge is 2.28. The summed E-state index contributed by atoms with van der Waals surface area (Å²) in [6.07, 6.45) is 1.45. The Kier molecular flexibility index (Phi) is 4.37. The lowest BCUT2D eigenvalue weighted by Crippen LogP contribution is -2.44. The van der Waals surface area contributed by atoms with Crippen LogP contribution in [-0.4, -0.2) is 40.8 Å². The third-order valence-electron chi connectivity index (χ3n) is 4.34. The summed E-state index contributed by atoms with van der Waals surface area (Å²) in [4.78, 5) is 29.7. The van der Waals surface area contributed by atoms with Gasteiger partial charge in [-0.25, -0.2) is 0 Å². The van der Waals surface area contributed by atoms with Crippen molar-refractivity contribution in [1.29, 1.82) is 0 Å². The van der Waals surface area contributed by atoms with Crippen LogP contribution in [0, 0.1) is 5.92 Å². The molecule has 1 aliphatic heterocycles. The molecule has 1 aromatic heterocycles. The summed E-state index contributed by atoms with van der Waals surface area (Å²) >= 11 is 0. The molecule has 0 aliphatic carbocycles. The Morgan fingerprint density at radius 3 is 2.57 bits per heavy atom. The average Bonchev–Trinajstić information content (AvgIpc) is 2.97. The van der Waals surface area contributed by atoms with Crippen LogP contribution in [0.4, 0.5) is 0 Å². The van der Waals surface area contributed by atoms with E-state index in [4.69, 9.17) is 0 Å². The van der Waals surface area contributed by atoms with Crippen molar-refractivity contribution in [2.24, 2.45) is 5.92 Å². The minimum Gasteiger partial charge on any atom is -0.354 e. The van der Waals surface area contributed by atoms with Crippen LogP contribution in [0.3, 0.4) is 0 Å². The Morgan fingerprint density at radius 2 is 1.91 bits per heavy atom. The number of hydrogen-bond acceptors (Lipinski definition) is 2. The first-order chi connectivity index (χ1) is 11.0. The predicted octanol–water partition coefficient (Wildman–Crippen LogP) is 2.54. The Hall–Kier alpha value is -2.30. The summed E-state index contributed by atoms with van der Waals surface area (Å²) in [7, 11) is 0. The van der Waals surface area contributed by atoms with E-state index in [1.807, 2.05) is 49.1 Å². The summed E-state index contributed by atoms with van der Waals surface area (Å²) in [5, 5.41) is 4.00. The molecule has 122 valence electrons. The molecule has 0 atom stereocenters. The number of likely N-dealkylation sites (tertiary alicyclic amines) is 1. The highest BCUT2D eigenvalue weighted by Crippen LogP contribution is 2.21. The zero-order valence-corrected chi connectivity index (χ0v) is 13.6. The number of rotatable bonds is 3. The number of benzene rings is 1. The molecule has 1 saturated heterocycles. The first-order valence-corrected chi connectivity index (χ1v) is 8.22. The molecule has 0 saturated carbocycles. The highest BCUT2D eigenvalue weighted by molar-refractivity contribution is 5.98. The molecule has 1 fully saturated rings. The van der Waals surface area contributed by atoms with Crippen LogP contribution in [0.2, 0.25) is 0 Å². The minimum atomic E-state index is 0.0175. The summed E-state index contributed by atoms with van der Waals surface area (Å²) in [6, 6.07) is 9.93. The van der Waals surface area contributed by atoms with Crippen molar-refractivity contribution >= 4 is 22.7 Å². The fourth-order valence-corrected chi connectivity index (χ4v) is 3.11. The summed E-state index contributed by atoms with van der Waals surface area (Å²) in [6.45, 7) is 5.19. The first-order valence-electron chi connectivity index (χ1n) is 8.22. The number of aromatic amines is 1. The molecule has 23 heavy (non-hydrogen) atoms. The molecule has 2 heterocycles. The van der Waals surface area contributed by atoms with Gasteiger partial charge in [-0.1, -0.05) is 18.2 Å². The van der Waals surface area contributed by atoms with Gasteiger partial charge in [0.1, 0.15) is 5.69 Å². The van der Waals surface area contributed by atoms with Crippen molar-refractivity contribution in [3.63, 3.8) is 0 Å². The third-order valence-corrected chi connectivity index (χ3v) is 4.34. The van der Waals surface area contributed by atoms with Crippen molar-refractivity contribution in [3.05, 3.63) is 36.0 Å². The predicted molar refractivity (Wildman–Crippen MR) is 90.2 cm³/mol. The molecule has 1 aliphatic rings. The van der Waals surface area contributed by atoms with E-state index in [0.717, 1.165) is 23.7 Å². The van der Waals surface area contributed by atoms with Crippen LogP contribution in [0.25, 0.3) is 10.9 Å². The molecule has 0 spiro atoms. The fourth-order valence-electron chi connectivity index (χ4n) is 3.11. The summed E-state index contributed by atoms with van der Waals surface area (Å²) in [5.41, 5.74) is 1.60. The molecule has 1 aromatic carbocycles. The molecule has 2 N–H and O–H groups in total. The van der Waals surface area contributed by atoms with Gasteiger partial charge < -0.3 is 15.2 Å². The minimum absolute atomic E-state index is 0.0175. The number of nitrogens with zero attached hydrogens (tertiary/aromatic N) is 1. The van der Waals surface area contributed by atoms with Crippen LogP contribution in [0.1, 0.15) is 37.2 Å². The van der Waals surface area contributed by atoms with E-state index in [-0.39, 0.29) is 23.8 Å². The molecule has 0 unspecified atom stereocenters. The highest BCUT2D eigenvalue weighted by atomic mass is 16.2. The van der Waals surface area contributed by atoms with Crippen LogP contribution >= 0.6 is 0 Å². The SMILES string of the molecule is CC(C)NC(=O)C1CCN(C(=O)c2cc3ccccc3[nH]2)CC1. The van der Waals surface area contributed by atoms with Crippen LogP contribution < -0.4 is 5.32 Å². The monoisotopic (exact) mass is 313 g/mol. The van der Waals surface area contributed by atoms with Crippen molar-refractivity contribution in [3.8, 4) is 0 Å². The normalized spacial score (nSPS) is 16.0. The third kappa shape index (κ3) is 3.38. The van der Waals surface area contributed by atoms with Crippen LogP contribution in [0.5, 0.6) is 0 Å². The second-order valence-electron chi connectivity index (χ2n) is 6.50. The second kappa shape index (κ2) is 6.44. The van der Waals surface area contributed by atoms with E-state index in [1.165, 1.54) is 0 Å². The number of nitrogens with one attached hydrogen (secondary N) is 2. The summed E-state index contributed by atoms with van der Waals surface area (Å²) in [5.74, 6) is 0.144. The number of fused-ring (bicyclic) bond motifs is 1. The van der Waals surface area contributed by atoms with E-state index < -0.39 is 0 Å². The Labute approximate surface area is 136 Å². The summed E-state index contributed by atoms with van der Waals surface area (Å²) < 4.78 is 0. The van der Waals surface area contributed by atoms with Gasteiger partial charge in [-0.2, -0.15) is 0 Å². The van der Waals surface area contributed by atoms with Crippen LogP contribution in [-0.2, 0) is 4.79 Å². The van der Waals surface area contributed by atoms with Gasteiger partial charge in [0, 0.05) is 36.0 Å². The molecule has 3 rings (SSSR count). The lowest BCUT2D eigenvalue weighted by Gasteiger charge is -2.31. The zero-order chi connectivity index (χ0) is 16.4. The van der Waals surface area contributed by atoms with Gasteiger partial charge in [0.15, 0.2) is 0 Å². The fraction of sp³-hybridized carbons (Fsp3) is 0.444. The zero-order valence-electron chi connectivity index (χ0n) is 13.6. The Bertz CT molecular complexity index is 679. The number of carbonyl (C=O) groups excluding carboxylic acids is 2. The van der Waals surface area contributed by atoms with E-state index >= 15 is 0 Å². The largest absolute Gasteiger partial charge is 0.354 e. The van der Waals surface area contributed by atoms with Gasteiger partial charge in [0.2, 0.25) is 5.91 Å². The van der Waals surface area contributed by atoms with Crippen molar-refractivity contribution in [2.75, 3.05) is 13.1 Å². The van der Waals surface area contributed by atoms with Crippen LogP contribution in [0.15, 0.2) is 30.3 Å². The van der Waals surface area contributed by atoms with Gasteiger partial charge in [-0.05, 0) is 38.8 Å². The number of hydrogen-bond donors (Lipinski definition) is 2. The van der Waals surface area contributed by atoms with Gasteiger partial charge in [0.25, 0.3) is 5.91 Å². The molecule has 2 amide bonds. The molecular formula is C18H23N3O2. The van der Waals surface area contributed by atoms with Gasteiger partial charge in [-0.3, -0.25) is 9.59 Å². The maximum Gasteiger partial charge on any atom is 0.270 e. The van der Waals surface area contributed by atoms with E-state index in [1.54, 1.807) is 0 Å². The van der Waals surface area contributed by atoms with Crippen molar-refractivity contribution in [1.82, 2.24) is 15.2 Å². The van der Waals surface area contributed by atoms with E-state index in [2.05, 4.69) is 10.3 Å². The maximum atomic E-state index is 12.6. The van der Waals surface area contributed by atoms with Crippen molar-refractivity contribution < 1.29 is 9.59 Å². The second-order valence-corrected chi connectivity index (χ2v) is 6.50. The molecule has 2 aromatic rings.